The molecule has 1 heterocycles. The van der Waals surface area contributed by atoms with E-state index in [-0.39, 0.29) is 5.91 Å². The van der Waals surface area contributed by atoms with Crippen LogP contribution in [0.15, 0.2) is 53.0 Å². The van der Waals surface area contributed by atoms with Crippen LogP contribution in [0.3, 0.4) is 0 Å². The third-order valence-corrected chi connectivity index (χ3v) is 6.66. The zero-order chi connectivity index (χ0) is 20.8. The van der Waals surface area contributed by atoms with Crippen LogP contribution in [0.4, 0.5) is 0 Å². The summed E-state index contributed by atoms with van der Waals surface area (Å²) in [6, 6.07) is 15.9. The summed E-state index contributed by atoms with van der Waals surface area (Å²) < 4.78 is 3.34. The lowest BCUT2D eigenvalue weighted by Gasteiger charge is -2.22. The van der Waals surface area contributed by atoms with Crippen molar-refractivity contribution in [2.75, 3.05) is 6.54 Å². The third kappa shape index (κ3) is 5.31. The molecule has 1 saturated carbocycles. The topological polar surface area (TPSA) is 46.9 Å². The van der Waals surface area contributed by atoms with Gasteiger partial charge in [0.05, 0.1) is 11.0 Å². The summed E-state index contributed by atoms with van der Waals surface area (Å²) in [4.78, 5) is 17.2. The molecule has 0 saturated heterocycles. The molecule has 4 rings (SSSR count). The number of nitrogens with one attached hydrogen (secondary N) is 1. The zero-order valence-corrected chi connectivity index (χ0v) is 19.0. The maximum Gasteiger partial charge on any atom is 0.251 e. The number of hydrogen-bond acceptors (Lipinski definition) is 2. The van der Waals surface area contributed by atoms with E-state index in [1.54, 1.807) is 0 Å². The Morgan fingerprint density at radius 3 is 2.77 bits per heavy atom. The fraction of sp³-hybridized carbons (Fsp3) is 0.440. The minimum atomic E-state index is -0.0258. The first kappa shape index (κ1) is 21.1. The number of amides is 1. The number of aromatic nitrogens is 2. The summed E-state index contributed by atoms with van der Waals surface area (Å²) in [6.07, 6.45) is 9.94. The molecule has 1 aromatic heterocycles. The molecule has 0 radical (unpaired) electrons. The number of fused-ring (bicyclic) bond motifs is 1. The van der Waals surface area contributed by atoms with Gasteiger partial charge in [-0.25, -0.2) is 4.98 Å². The van der Waals surface area contributed by atoms with Crippen LogP contribution in [0, 0.1) is 5.92 Å². The number of aryl methyl sites for hydroxylation is 2. The molecule has 0 aliphatic heterocycles. The van der Waals surface area contributed by atoms with Gasteiger partial charge in [-0.05, 0) is 49.1 Å². The Morgan fingerprint density at radius 2 is 1.93 bits per heavy atom. The van der Waals surface area contributed by atoms with E-state index in [1.165, 1.54) is 44.0 Å². The SMILES string of the molecule is O=C(NCCCc1nc2ccccc2n1CCC1CCCCC1)c1cccc(Br)c1. The minimum Gasteiger partial charge on any atom is -0.352 e. The van der Waals surface area contributed by atoms with Crippen molar-refractivity contribution in [1.82, 2.24) is 14.9 Å². The van der Waals surface area contributed by atoms with Crippen molar-refractivity contribution in [2.45, 2.75) is 57.9 Å². The molecule has 0 bridgehead atoms. The van der Waals surface area contributed by atoms with Gasteiger partial charge in [-0.15, -0.1) is 0 Å². The van der Waals surface area contributed by atoms with Crippen LogP contribution in [-0.2, 0) is 13.0 Å². The molecule has 1 aliphatic rings. The summed E-state index contributed by atoms with van der Waals surface area (Å²) in [5, 5.41) is 3.04. The number of nitrogens with zero attached hydrogens (tertiary/aromatic N) is 2. The van der Waals surface area contributed by atoms with E-state index < -0.39 is 0 Å². The lowest BCUT2D eigenvalue weighted by molar-refractivity contribution is 0.0953. The quantitative estimate of drug-likeness (QED) is 0.404. The molecular weight excluding hydrogens is 438 g/mol. The van der Waals surface area contributed by atoms with Crippen LogP contribution >= 0.6 is 15.9 Å². The van der Waals surface area contributed by atoms with Gasteiger partial charge < -0.3 is 9.88 Å². The molecule has 0 unspecified atom stereocenters. The van der Waals surface area contributed by atoms with Gasteiger partial charge in [0, 0.05) is 29.5 Å². The van der Waals surface area contributed by atoms with E-state index in [2.05, 4.69) is 50.1 Å². The highest BCUT2D eigenvalue weighted by molar-refractivity contribution is 9.10. The first-order chi connectivity index (χ1) is 14.7. The fourth-order valence-electron chi connectivity index (χ4n) is 4.53. The molecule has 1 N–H and O–H groups in total. The van der Waals surface area contributed by atoms with E-state index in [9.17, 15) is 4.79 Å². The standard InChI is InChI=1S/C25H30BrN3O/c26-21-11-6-10-20(18-21)25(30)27-16-7-14-24-28-22-12-4-5-13-23(22)29(24)17-15-19-8-2-1-3-9-19/h4-6,10-13,18-19H,1-3,7-9,14-17H2,(H,27,30). The molecule has 5 heteroatoms. The number of carbonyl (C=O) groups excluding carboxylic acids is 1. The monoisotopic (exact) mass is 467 g/mol. The Balaban J connectivity index is 1.36. The molecule has 30 heavy (non-hydrogen) atoms. The predicted molar refractivity (Wildman–Crippen MR) is 126 cm³/mol. The summed E-state index contributed by atoms with van der Waals surface area (Å²) in [6.45, 7) is 1.70. The number of imidazole rings is 1. The smallest absolute Gasteiger partial charge is 0.251 e. The molecular formula is C25H30BrN3O. The van der Waals surface area contributed by atoms with Gasteiger partial charge in [0.1, 0.15) is 5.82 Å². The normalized spacial score (nSPS) is 14.8. The van der Waals surface area contributed by atoms with Crippen molar-refractivity contribution in [1.29, 1.82) is 0 Å². The summed E-state index contributed by atoms with van der Waals surface area (Å²) >= 11 is 3.42. The van der Waals surface area contributed by atoms with Crippen LogP contribution in [0.25, 0.3) is 11.0 Å². The Hall–Kier alpha value is -2.14. The van der Waals surface area contributed by atoms with Crippen molar-refractivity contribution in [3.63, 3.8) is 0 Å². The molecule has 158 valence electrons. The Labute approximate surface area is 187 Å². The number of halogens is 1. The Bertz CT molecular complexity index is 991. The van der Waals surface area contributed by atoms with Crippen molar-refractivity contribution in [3.05, 3.63) is 64.4 Å². The van der Waals surface area contributed by atoms with Gasteiger partial charge in [0.2, 0.25) is 0 Å². The predicted octanol–water partition coefficient (Wildman–Crippen LogP) is 6.13. The van der Waals surface area contributed by atoms with Crippen molar-refractivity contribution in [2.24, 2.45) is 5.92 Å². The average Bonchev–Trinajstić information content (AvgIpc) is 3.13. The first-order valence-electron chi connectivity index (χ1n) is 11.2. The first-order valence-corrected chi connectivity index (χ1v) is 12.0. The second-order valence-electron chi connectivity index (χ2n) is 8.33. The second-order valence-corrected chi connectivity index (χ2v) is 9.25. The molecule has 3 aromatic rings. The molecule has 1 fully saturated rings. The molecule has 0 atom stereocenters. The fourth-order valence-corrected chi connectivity index (χ4v) is 4.93. The van der Waals surface area contributed by atoms with Crippen LogP contribution in [0.5, 0.6) is 0 Å². The average molecular weight is 468 g/mol. The lowest BCUT2D eigenvalue weighted by Crippen LogP contribution is -2.25. The van der Waals surface area contributed by atoms with Crippen LogP contribution in [0.1, 0.15) is 61.1 Å². The summed E-state index contributed by atoms with van der Waals surface area (Å²) in [5.74, 6) is 1.98. The Kier molecular flexibility index (Phi) is 7.21. The van der Waals surface area contributed by atoms with E-state index in [0.29, 0.717) is 12.1 Å². The highest BCUT2D eigenvalue weighted by atomic mass is 79.9. The Morgan fingerprint density at radius 1 is 1.10 bits per heavy atom. The van der Waals surface area contributed by atoms with Gasteiger partial charge in [0.15, 0.2) is 0 Å². The minimum absolute atomic E-state index is 0.0258. The van der Waals surface area contributed by atoms with Gasteiger partial charge in [-0.3, -0.25) is 4.79 Å². The summed E-state index contributed by atoms with van der Waals surface area (Å²) in [5.41, 5.74) is 3.00. The van der Waals surface area contributed by atoms with E-state index >= 15 is 0 Å². The van der Waals surface area contributed by atoms with Crippen molar-refractivity contribution < 1.29 is 4.79 Å². The van der Waals surface area contributed by atoms with Crippen molar-refractivity contribution >= 4 is 32.9 Å². The van der Waals surface area contributed by atoms with Gasteiger partial charge in [0.25, 0.3) is 5.91 Å². The number of carbonyl (C=O) groups is 1. The van der Waals surface area contributed by atoms with Gasteiger partial charge in [-0.2, -0.15) is 0 Å². The maximum absolute atomic E-state index is 12.3. The van der Waals surface area contributed by atoms with Crippen molar-refractivity contribution in [3.8, 4) is 0 Å². The van der Waals surface area contributed by atoms with Gasteiger partial charge in [-0.1, -0.05) is 66.2 Å². The maximum atomic E-state index is 12.3. The third-order valence-electron chi connectivity index (χ3n) is 6.17. The molecule has 2 aromatic carbocycles. The number of para-hydroxylation sites is 2. The second kappa shape index (κ2) is 10.3. The highest BCUT2D eigenvalue weighted by Gasteiger charge is 2.16. The van der Waals surface area contributed by atoms with Crippen LogP contribution in [0.2, 0.25) is 0 Å². The number of rotatable bonds is 8. The number of hydrogen-bond donors (Lipinski definition) is 1. The van der Waals surface area contributed by atoms with E-state index in [0.717, 1.165) is 41.1 Å². The molecule has 1 aliphatic carbocycles. The molecule has 1 amide bonds. The van der Waals surface area contributed by atoms with Crippen LogP contribution in [-0.4, -0.2) is 22.0 Å². The number of benzene rings is 2. The van der Waals surface area contributed by atoms with Crippen LogP contribution < -0.4 is 5.32 Å². The van der Waals surface area contributed by atoms with E-state index in [1.807, 2.05) is 24.3 Å². The highest BCUT2D eigenvalue weighted by Crippen LogP contribution is 2.28. The zero-order valence-electron chi connectivity index (χ0n) is 17.4. The van der Waals surface area contributed by atoms with Gasteiger partial charge >= 0.3 is 0 Å². The lowest BCUT2D eigenvalue weighted by atomic mass is 9.87. The van der Waals surface area contributed by atoms with E-state index in [4.69, 9.17) is 4.98 Å². The largest absolute Gasteiger partial charge is 0.352 e. The molecule has 4 nitrogen and oxygen atoms in total. The summed E-state index contributed by atoms with van der Waals surface area (Å²) in [7, 11) is 0. The molecule has 0 spiro atoms.